The topological polar surface area (TPSA) is 73.9 Å². The molecule has 0 fully saturated rings. The average molecular weight is 105 g/mol. The van der Waals surface area contributed by atoms with E-state index in [1.807, 2.05) is 10.9 Å². The van der Waals surface area contributed by atoms with Crippen LogP contribution in [0, 0.1) is 0 Å². The minimum absolute atomic E-state index is 0.120. The highest BCUT2D eigenvalue weighted by Crippen LogP contribution is 1.48. The molecular weight excluding hydrogens is 100 g/mol. The van der Waals surface area contributed by atoms with E-state index >= 15 is 0 Å². The van der Waals surface area contributed by atoms with Crippen molar-refractivity contribution in [2.45, 2.75) is 0 Å². The van der Waals surface area contributed by atoms with E-state index in [0.717, 1.165) is 0 Å². The molecule has 1 radical (unpaired) electrons. The van der Waals surface area contributed by atoms with Crippen LogP contribution in [0.5, 0.6) is 0 Å². The van der Waals surface area contributed by atoms with E-state index in [1.165, 1.54) is 0 Å². The normalized spacial score (nSPS) is 7.00. The average Bonchev–Trinajstić information content (AvgIpc) is 1.65. The van der Waals surface area contributed by atoms with Gasteiger partial charge in [0.05, 0.1) is 0 Å². The maximum atomic E-state index is 6.27. The highest BCUT2D eigenvalue weighted by atomic mass is 32.1. The third-order valence-corrected chi connectivity index (χ3v) is 0.465. The summed E-state index contributed by atoms with van der Waals surface area (Å²) in [5.74, 6) is 11.0. The van der Waals surface area contributed by atoms with Gasteiger partial charge in [-0.05, 0) is 12.2 Å². The summed E-state index contributed by atoms with van der Waals surface area (Å²) in [6.07, 6.45) is 0. The molecule has 0 atom stereocenters. The second-order valence-electron chi connectivity index (χ2n) is 0.598. The minimum Gasteiger partial charge on any atom is -0.300 e. The molecule has 0 saturated carbocycles. The van der Waals surface area contributed by atoms with Crippen molar-refractivity contribution in [3.05, 3.63) is 0 Å². The number of thiocarbonyl (C=S) groups is 1. The Bertz CT molecular complexity index is 45.5. The van der Waals surface area contributed by atoms with Crippen molar-refractivity contribution in [3.8, 4) is 0 Å². The van der Waals surface area contributed by atoms with Crippen molar-refractivity contribution in [1.29, 1.82) is 0 Å². The van der Waals surface area contributed by atoms with Crippen LogP contribution >= 0.6 is 12.2 Å². The Kier molecular flexibility index (Phi) is 2.64. The lowest BCUT2D eigenvalue weighted by atomic mass is 11.2. The first-order chi connectivity index (χ1) is 2.81. The van der Waals surface area contributed by atoms with Crippen molar-refractivity contribution < 1.29 is 0 Å². The highest BCUT2D eigenvalue weighted by Gasteiger charge is 1.77. The molecule has 6 heavy (non-hydrogen) atoms. The molecule has 0 heterocycles. The molecule has 0 aliphatic heterocycles. The molecule has 35 valence electrons. The van der Waals surface area contributed by atoms with Gasteiger partial charge in [-0.3, -0.25) is 10.9 Å². The standard InChI is InChI=1S/CH5N4S/c2-4-1(6)5-3/h2H,3H2,(H2,4,5,6). The van der Waals surface area contributed by atoms with E-state index in [9.17, 15) is 0 Å². The van der Waals surface area contributed by atoms with Crippen molar-refractivity contribution in [2.24, 2.45) is 5.84 Å². The number of nitrogens with one attached hydrogen (secondary N) is 3. The maximum Gasteiger partial charge on any atom is 0.196 e. The van der Waals surface area contributed by atoms with E-state index in [2.05, 4.69) is 12.2 Å². The lowest BCUT2D eigenvalue weighted by molar-refractivity contribution is 0.902. The molecule has 0 aliphatic rings. The van der Waals surface area contributed by atoms with Crippen molar-refractivity contribution in [1.82, 2.24) is 16.7 Å². The maximum absolute atomic E-state index is 6.27. The van der Waals surface area contributed by atoms with Gasteiger partial charge in [0.15, 0.2) is 5.11 Å². The molecule has 0 aromatic heterocycles. The Labute approximate surface area is 40.8 Å². The number of nitrogens with two attached hydrogens (primary N) is 1. The third kappa shape index (κ3) is 1.89. The number of hydrogen-bond donors (Lipinski definition) is 3. The van der Waals surface area contributed by atoms with Gasteiger partial charge in [0.25, 0.3) is 0 Å². The van der Waals surface area contributed by atoms with Crippen LogP contribution in [0.3, 0.4) is 0 Å². The van der Waals surface area contributed by atoms with E-state index < -0.39 is 0 Å². The van der Waals surface area contributed by atoms with Gasteiger partial charge in [0, 0.05) is 0 Å². The largest absolute Gasteiger partial charge is 0.300 e. The smallest absolute Gasteiger partial charge is 0.196 e. The van der Waals surface area contributed by atoms with Crippen LogP contribution in [0.2, 0.25) is 0 Å². The van der Waals surface area contributed by atoms with Crippen molar-refractivity contribution in [2.75, 3.05) is 0 Å². The predicted octanol–water partition coefficient (Wildman–Crippen LogP) is -1.48. The van der Waals surface area contributed by atoms with Gasteiger partial charge < -0.3 is 0 Å². The Balaban J connectivity index is 2.99. The summed E-state index contributed by atoms with van der Waals surface area (Å²) in [7, 11) is 0. The van der Waals surface area contributed by atoms with Crippen LogP contribution in [0.25, 0.3) is 0 Å². The van der Waals surface area contributed by atoms with Gasteiger partial charge in [-0.25, -0.2) is 5.84 Å². The zero-order chi connectivity index (χ0) is 4.99. The fourth-order valence-corrected chi connectivity index (χ4v) is 0.0361. The molecule has 0 aromatic carbocycles. The molecule has 0 aliphatic carbocycles. The number of rotatable bonds is 0. The third-order valence-electron chi connectivity index (χ3n) is 0.245. The van der Waals surface area contributed by atoms with Gasteiger partial charge in [0.2, 0.25) is 0 Å². The molecule has 0 amide bonds. The van der Waals surface area contributed by atoms with Crippen LogP contribution in [0.1, 0.15) is 0 Å². The van der Waals surface area contributed by atoms with Gasteiger partial charge in [-0.2, -0.15) is 5.84 Å². The first kappa shape index (κ1) is 5.61. The zero-order valence-electron chi connectivity index (χ0n) is 2.99. The SMILES string of the molecule is [NH]NC(=S)NN. The molecule has 5 heteroatoms. The summed E-state index contributed by atoms with van der Waals surface area (Å²) < 4.78 is 0. The lowest BCUT2D eigenvalue weighted by Crippen LogP contribution is -2.38. The zero-order valence-corrected chi connectivity index (χ0v) is 3.80. The fraction of sp³-hybridized carbons (Fsp3) is 0. The summed E-state index contributed by atoms with van der Waals surface area (Å²) in [6.45, 7) is 0. The van der Waals surface area contributed by atoms with E-state index in [0.29, 0.717) is 0 Å². The van der Waals surface area contributed by atoms with Crippen LogP contribution in [-0.2, 0) is 0 Å². The summed E-state index contributed by atoms with van der Waals surface area (Å²) in [4.78, 5) is 0. The Morgan fingerprint density at radius 1 is 1.83 bits per heavy atom. The molecule has 0 unspecified atom stereocenters. The molecule has 0 rings (SSSR count). The summed E-state index contributed by atoms with van der Waals surface area (Å²) in [5, 5.41) is 0.120. The molecule has 4 nitrogen and oxygen atoms in total. The molecule has 5 N–H and O–H groups in total. The van der Waals surface area contributed by atoms with Crippen molar-refractivity contribution in [3.63, 3.8) is 0 Å². The number of hydrogen-bond acceptors (Lipinski definition) is 2. The summed E-state index contributed by atoms with van der Waals surface area (Å²) in [6, 6.07) is 0. The predicted molar refractivity (Wildman–Crippen MR) is 26.2 cm³/mol. The first-order valence-corrected chi connectivity index (χ1v) is 1.65. The van der Waals surface area contributed by atoms with Crippen LogP contribution in [0.15, 0.2) is 0 Å². The molecule has 0 bridgehead atoms. The fourth-order valence-electron chi connectivity index (χ4n) is 0.0361. The Morgan fingerprint density at radius 2 is 2.33 bits per heavy atom. The number of hydrazine groups is 1. The molecular formula is CH5N4S. The lowest BCUT2D eigenvalue weighted by Gasteiger charge is -1.94. The molecule has 0 spiro atoms. The van der Waals surface area contributed by atoms with Crippen LogP contribution in [-0.4, -0.2) is 5.11 Å². The highest BCUT2D eigenvalue weighted by molar-refractivity contribution is 7.80. The molecule has 0 saturated heterocycles. The van der Waals surface area contributed by atoms with Gasteiger partial charge in [-0.1, -0.05) is 0 Å². The minimum atomic E-state index is 0.120. The second-order valence-corrected chi connectivity index (χ2v) is 1.01. The van der Waals surface area contributed by atoms with Crippen LogP contribution < -0.4 is 22.5 Å². The van der Waals surface area contributed by atoms with Crippen LogP contribution in [0.4, 0.5) is 0 Å². The van der Waals surface area contributed by atoms with Gasteiger partial charge in [-0.15, -0.1) is 0 Å². The summed E-state index contributed by atoms with van der Waals surface area (Å²) in [5.41, 5.74) is 3.91. The Morgan fingerprint density at radius 3 is 2.33 bits per heavy atom. The quantitative estimate of drug-likeness (QED) is 0.199. The van der Waals surface area contributed by atoms with Gasteiger partial charge >= 0.3 is 0 Å². The first-order valence-electron chi connectivity index (χ1n) is 1.24. The monoisotopic (exact) mass is 105 g/mol. The van der Waals surface area contributed by atoms with E-state index in [4.69, 9.17) is 11.7 Å². The Hall–Kier alpha value is -0.390. The molecule has 0 aromatic rings. The second kappa shape index (κ2) is 2.83. The van der Waals surface area contributed by atoms with E-state index in [1.54, 1.807) is 0 Å². The van der Waals surface area contributed by atoms with Crippen molar-refractivity contribution >= 4 is 17.3 Å². The van der Waals surface area contributed by atoms with E-state index in [-0.39, 0.29) is 5.11 Å². The van der Waals surface area contributed by atoms with Gasteiger partial charge in [0.1, 0.15) is 0 Å². The summed E-state index contributed by atoms with van der Waals surface area (Å²) >= 11 is 4.32.